The maximum absolute atomic E-state index is 11.9. The topological polar surface area (TPSA) is 57.8 Å². The summed E-state index contributed by atoms with van der Waals surface area (Å²) < 4.78 is 0. The molecule has 4 nitrogen and oxygen atoms in total. The number of nitrogens with one attached hydrogen (secondary N) is 2. The Bertz CT molecular complexity index is 623. The molecule has 1 amide bonds. The van der Waals surface area contributed by atoms with Gasteiger partial charge in [0.15, 0.2) is 5.82 Å². The summed E-state index contributed by atoms with van der Waals surface area (Å²) in [5.74, 6) is 0.715. The van der Waals surface area contributed by atoms with E-state index in [1.807, 2.05) is 6.07 Å². The van der Waals surface area contributed by atoms with Crippen LogP contribution in [-0.2, 0) is 11.2 Å². The van der Waals surface area contributed by atoms with Gasteiger partial charge in [-0.25, -0.2) is 0 Å². The second-order valence-corrected chi connectivity index (χ2v) is 5.65. The third-order valence-electron chi connectivity index (χ3n) is 2.84. The lowest BCUT2D eigenvalue weighted by atomic mass is 10.1. The lowest BCUT2D eigenvalue weighted by molar-refractivity contribution is -0.115. The van der Waals surface area contributed by atoms with Crippen LogP contribution in [0.1, 0.15) is 31.0 Å². The molecule has 20 heavy (non-hydrogen) atoms. The van der Waals surface area contributed by atoms with Crippen molar-refractivity contribution in [3.8, 4) is 0 Å². The number of aromatic amines is 1. The fourth-order valence-corrected chi connectivity index (χ4v) is 2.04. The second-order valence-electron chi connectivity index (χ2n) is 4.84. The lowest BCUT2D eigenvalue weighted by Gasteiger charge is -2.03. The van der Waals surface area contributed by atoms with E-state index in [4.69, 9.17) is 23.2 Å². The molecule has 0 bridgehead atoms. The normalized spacial score (nSPS) is 10.8. The Morgan fingerprint density at radius 3 is 2.65 bits per heavy atom. The highest BCUT2D eigenvalue weighted by Crippen LogP contribution is 2.23. The molecule has 1 aromatic heterocycles. The lowest BCUT2D eigenvalue weighted by Crippen LogP contribution is -2.14. The van der Waals surface area contributed by atoms with E-state index in [2.05, 4.69) is 29.4 Å². The number of anilines is 1. The second kappa shape index (κ2) is 6.29. The highest BCUT2D eigenvalue weighted by Gasteiger charge is 2.09. The molecule has 1 aromatic carbocycles. The summed E-state index contributed by atoms with van der Waals surface area (Å²) in [6.07, 6.45) is 0.223. The summed E-state index contributed by atoms with van der Waals surface area (Å²) in [6.45, 7) is 4.10. The molecular formula is C14H15Cl2N3O. The Balaban J connectivity index is 1.99. The maximum atomic E-state index is 11.9. The van der Waals surface area contributed by atoms with E-state index in [0.29, 0.717) is 21.8 Å². The molecule has 0 aliphatic carbocycles. The number of nitrogens with zero attached hydrogens (tertiary/aromatic N) is 1. The first kappa shape index (κ1) is 14.9. The van der Waals surface area contributed by atoms with E-state index in [9.17, 15) is 4.79 Å². The molecule has 0 unspecified atom stereocenters. The first-order valence-electron chi connectivity index (χ1n) is 6.25. The first-order valence-corrected chi connectivity index (χ1v) is 7.00. The van der Waals surface area contributed by atoms with Gasteiger partial charge in [0, 0.05) is 11.8 Å². The molecule has 0 aliphatic rings. The standard InChI is InChI=1S/C14H15Cl2N3O/c1-8(2)12-7-13(19-18-12)17-14(20)6-9-3-4-10(15)11(16)5-9/h3-5,7-8H,6H2,1-2H3,(H2,17,18,19,20). The predicted molar refractivity (Wildman–Crippen MR) is 81.5 cm³/mol. The highest BCUT2D eigenvalue weighted by atomic mass is 35.5. The average molecular weight is 312 g/mol. The molecule has 2 aromatic rings. The summed E-state index contributed by atoms with van der Waals surface area (Å²) in [5.41, 5.74) is 1.78. The maximum Gasteiger partial charge on any atom is 0.229 e. The van der Waals surface area contributed by atoms with Gasteiger partial charge in [-0.15, -0.1) is 0 Å². The number of benzene rings is 1. The van der Waals surface area contributed by atoms with Crippen molar-refractivity contribution in [1.29, 1.82) is 0 Å². The van der Waals surface area contributed by atoms with Crippen molar-refractivity contribution in [1.82, 2.24) is 10.2 Å². The molecule has 106 valence electrons. The molecular weight excluding hydrogens is 297 g/mol. The summed E-state index contributed by atoms with van der Waals surface area (Å²) >= 11 is 11.7. The Labute approximate surface area is 127 Å². The zero-order valence-corrected chi connectivity index (χ0v) is 12.7. The van der Waals surface area contributed by atoms with Crippen molar-refractivity contribution in [3.63, 3.8) is 0 Å². The Hall–Kier alpha value is -1.52. The zero-order chi connectivity index (χ0) is 14.7. The number of halogens is 2. The Morgan fingerprint density at radius 1 is 1.30 bits per heavy atom. The molecule has 0 atom stereocenters. The van der Waals surface area contributed by atoms with Gasteiger partial charge in [-0.1, -0.05) is 43.1 Å². The van der Waals surface area contributed by atoms with E-state index in [1.54, 1.807) is 18.2 Å². The minimum atomic E-state index is -0.148. The molecule has 0 saturated carbocycles. The van der Waals surface area contributed by atoms with E-state index in [-0.39, 0.29) is 12.3 Å². The first-order chi connectivity index (χ1) is 9.45. The number of amides is 1. The van der Waals surface area contributed by atoms with Gasteiger partial charge in [0.2, 0.25) is 5.91 Å². The number of hydrogen-bond donors (Lipinski definition) is 2. The van der Waals surface area contributed by atoms with Gasteiger partial charge >= 0.3 is 0 Å². The van der Waals surface area contributed by atoms with E-state index in [0.717, 1.165) is 11.3 Å². The van der Waals surface area contributed by atoms with Crippen molar-refractivity contribution in [2.24, 2.45) is 0 Å². The van der Waals surface area contributed by atoms with Crippen LogP contribution in [0, 0.1) is 0 Å². The molecule has 0 radical (unpaired) electrons. The fourth-order valence-electron chi connectivity index (χ4n) is 1.72. The van der Waals surface area contributed by atoms with Crippen LogP contribution in [0.4, 0.5) is 5.82 Å². The molecule has 0 spiro atoms. The van der Waals surface area contributed by atoms with E-state index in [1.165, 1.54) is 0 Å². The average Bonchev–Trinajstić information content (AvgIpc) is 2.82. The predicted octanol–water partition coefficient (Wildman–Crippen LogP) is 4.02. The summed E-state index contributed by atoms with van der Waals surface area (Å²) in [5, 5.41) is 10.6. The summed E-state index contributed by atoms with van der Waals surface area (Å²) in [4.78, 5) is 11.9. The van der Waals surface area contributed by atoms with Crippen molar-refractivity contribution < 1.29 is 4.79 Å². The van der Waals surface area contributed by atoms with E-state index >= 15 is 0 Å². The Kier molecular flexibility index (Phi) is 4.68. The van der Waals surface area contributed by atoms with Crippen molar-refractivity contribution in [2.75, 3.05) is 5.32 Å². The zero-order valence-electron chi connectivity index (χ0n) is 11.2. The van der Waals surface area contributed by atoms with Gasteiger partial charge in [0.1, 0.15) is 0 Å². The number of hydrogen-bond acceptors (Lipinski definition) is 2. The molecule has 1 heterocycles. The number of H-pyrrole nitrogens is 1. The fraction of sp³-hybridized carbons (Fsp3) is 0.286. The van der Waals surface area contributed by atoms with Gasteiger partial charge < -0.3 is 5.32 Å². The quantitative estimate of drug-likeness (QED) is 0.896. The summed E-state index contributed by atoms with van der Waals surface area (Å²) in [6, 6.07) is 6.97. The van der Waals surface area contributed by atoms with Gasteiger partial charge in [0.05, 0.1) is 16.5 Å². The number of rotatable bonds is 4. The highest BCUT2D eigenvalue weighted by molar-refractivity contribution is 6.42. The molecule has 0 aliphatic heterocycles. The molecule has 2 N–H and O–H groups in total. The Morgan fingerprint density at radius 2 is 2.05 bits per heavy atom. The van der Waals surface area contributed by atoms with Gasteiger partial charge in [-0.05, 0) is 23.6 Å². The number of carbonyl (C=O) groups is 1. The van der Waals surface area contributed by atoms with Crippen LogP contribution in [0.15, 0.2) is 24.3 Å². The van der Waals surface area contributed by atoms with Crippen LogP contribution in [0.3, 0.4) is 0 Å². The number of carbonyl (C=O) groups excluding carboxylic acids is 1. The SMILES string of the molecule is CC(C)c1cc(NC(=O)Cc2ccc(Cl)c(Cl)c2)n[nH]1. The van der Waals surface area contributed by atoms with E-state index < -0.39 is 0 Å². The van der Waals surface area contributed by atoms with Crippen LogP contribution in [0.2, 0.25) is 10.0 Å². The molecule has 6 heteroatoms. The summed E-state index contributed by atoms with van der Waals surface area (Å²) in [7, 11) is 0. The van der Waals surface area contributed by atoms with Crippen LogP contribution >= 0.6 is 23.2 Å². The van der Waals surface area contributed by atoms with Gasteiger partial charge in [-0.3, -0.25) is 9.89 Å². The smallest absolute Gasteiger partial charge is 0.229 e. The van der Waals surface area contributed by atoms with Gasteiger partial charge in [-0.2, -0.15) is 5.10 Å². The van der Waals surface area contributed by atoms with Crippen molar-refractivity contribution in [2.45, 2.75) is 26.2 Å². The van der Waals surface area contributed by atoms with Crippen molar-refractivity contribution in [3.05, 3.63) is 45.6 Å². The third-order valence-corrected chi connectivity index (χ3v) is 3.57. The third kappa shape index (κ3) is 3.74. The van der Waals surface area contributed by atoms with Crippen LogP contribution in [-0.4, -0.2) is 16.1 Å². The van der Waals surface area contributed by atoms with Crippen LogP contribution < -0.4 is 5.32 Å². The molecule has 0 fully saturated rings. The minimum absolute atomic E-state index is 0.148. The monoisotopic (exact) mass is 311 g/mol. The van der Waals surface area contributed by atoms with Crippen LogP contribution in [0.25, 0.3) is 0 Å². The van der Waals surface area contributed by atoms with Gasteiger partial charge in [0.25, 0.3) is 0 Å². The largest absolute Gasteiger partial charge is 0.309 e. The molecule has 0 saturated heterocycles. The number of aromatic nitrogens is 2. The minimum Gasteiger partial charge on any atom is -0.309 e. The molecule has 2 rings (SSSR count). The van der Waals surface area contributed by atoms with Crippen LogP contribution in [0.5, 0.6) is 0 Å². The van der Waals surface area contributed by atoms with Crippen molar-refractivity contribution >= 4 is 34.9 Å².